The van der Waals surface area contributed by atoms with Gasteiger partial charge in [-0.1, -0.05) is 27.2 Å². The van der Waals surface area contributed by atoms with Crippen molar-refractivity contribution in [2.24, 2.45) is 5.41 Å². The molecule has 0 amide bonds. The lowest BCUT2D eigenvalue weighted by molar-refractivity contribution is 0.344. The average molecular weight is 203 g/mol. The van der Waals surface area contributed by atoms with Crippen LogP contribution in [0.4, 0.5) is 0 Å². The molecule has 0 saturated heterocycles. The topological polar surface area (TPSA) is 30.2 Å². The maximum atomic E-state index is 4.52. The van der Waals surface area contributed by atoms with Crippen molar-refractivity contribution in [1.29, 1.82) is 0 Å². The summed E-state index contributed by atoms with van der Waals surface area (Å²) in [6.07, 6.45) is 5.84. The molecule has 0 aliphatic heterocycles. The molecule has 3 nitrogen and oxygen atoms in total. The molecule has 0 aliphatic carbocycles. The van der Waals surface area contributed by atoms with Crippen LogP contribution >= 0.6 is 0 Å². The lowest BCUT2D eigenvalue weighted by atomic mass is 9.85. The van der Waals surface area contributed by atoms with Crippen LogP contribution in [-0.4, -0.2) is 14.6 Å². The monoisotopic (exact) mass is 203 g/mol. The highest BCUT2D eigenvalue weighted by Gasteiger charge is 2.16. The minimum absolute atomic E-state index is 0.321. The van der Waals surface area contributed by atoms with Gasteiger partial charge in [-0.05, 0) is 24.0 Å². The van der Waals surface area contributed by atoms with Gasteiger partial charge >= 0.3 is 0 Å². The molecular weight excluding hydrogens is 186 g/mol. The zero-order valence-electron chi connectivity index (χ0n) is 9.57. The van der Waals surface area contributed by atoms with E-state index in [1.54, 1.807) is 6.20 Å². The standard InChI is InChI=1S/C12H17N3/c1-4-12(2,3)9-10-5-6-11-13-7-8-15(11)14-10/h5-8H,4,9H2,1-3H3. The van der Waals surface area contributed by atoms with Gasteiger partial charge in [-0.3, -0.25) is 0 Å². The van der Waals surface area contributed by atoms with Crippen LogP contribution in [0.2, 0.25) is 0 Å². The van der Waals surface area contributed by atoms with E-state index in [0.29, 0.717) is 5.41 Å². The number of aromatic nitrogens is 3. The van der Waals surface area contributed by atoms with Crippen molar-refractivity contribution >= 4 is 5.65 Å². The van der Waals surface area contributed by atoms with E-state index in [1.165, 1.54) is 0 Å². The van der Waals surface area contributed by atoms with E-state index in [0.717, 1.165) is 24.2 Å². The van der Waals surface area contributed by atoms with Gasteiger partial charge in [0.2, 0.25) is 0 Å². The molecule has 0 atom stereocenters. The summed E-state index contributed by atoms with van der Waals surface area (Å²) in [7, 11) is 0. The molecule has 0 unspecified atom stereocenters. The molecule has 80 valence electrons. The minimum Gasteiger partial charge on any atom is -0.236 e. The summed E-state index contributed by atoms with van der Waals surface area (Å²) < 4.78 is 1.83. The van der Waals surface area contributed by atoms with E-state index >= 15 is 0 Å². The first-order chi connectivity index (χ1) is 7.11. The number of nitrogens with zero attached hydrogens (tertiary/aromatic N) is 3. The van der Waals surface area contributed by atoms with E-state index in [1.807, 2.05) is 16.8 Å². The molecule has 15 heavy (non-hydrogen) atoms. The quantitative estimate of drug-likeness (QED) is 0.767. The third kappa shape index (κ3) is 2.17. The Morgan fingerprint density at radius 2 is 2.13 bits per heavy atom. The Hall–Kier alpha value is -1.38. The van der Waals surface area contributed by atoms with E-state index < -0.39 is 0 Å². The van der Waals surface area contributed by atoms with Crippen LogP contribution in [0.25, 0.3) is 5.65 Å². The molecule has 2 rings (SSSR count). The summed E-state index contributed by atoms with van der Waals surface area (Å²) >= 11 is 0. The number of hydrogen-bond donors (Lipinski definition) is 0. The molecule has 0 N–H and O–H groups in total. The Morgan fingerprint density at radius 1 is 1.33 bits per heavy atom. The van der Waals surface area contributed by atoms with Crippen LogP contribution in [0.1, 0.15) is 32.9 Å². The van der Waals surface area contributed by atoms with Crippen molar-refractivity contribution in [3.8, 4) is 0 Å². The molecule has 0 aliphatic rings. The molecule has 2 heterocycles. The first-order valence-corrected chi connectivity index (χ1v) is 5.40. The van der Waals surface area contributed by atoms with Gasteiger partial charge in [0.15, 0.2) is 5.65 Å². The molecule has 0 saturated carbocycles. The van der Waals surface area contributed by atoms with Crippen LogP contribution < -0.4 is 0 Å². The van der Waals surface area contributed by atoms with E-state index in [-0.39, 0.29) is 0 Å². The molecular formula is C12H17N3. The van der Waals surface area contributed by atoms with Crippen molar-refractivity contribution in [3.63, 3.8) is 0 Å². The maximum Gasteiger partial charge on any atom is 0.153 e. The Bertz CT molecular complexity index is 457. The van der Waals surface area contributed by atoms with Gasteiger partial charge in [-0.2, -0.15) is 5.10 Å². The molecule has 3 heteroatoms. The SMILES string of the molecule is CCC(C)(C)Cc1ccc2nccn2n1. The fourth-order valence-electron chi connectivity index (χ4n) is 1.56. The smallest absolute Gasteiger partial charge is 0.153 e. The largest absolute Gasteiger partial charge is 0.236 e. The van der Waals surface area contributed by atoms with Gasteiger partial charge in [-0.15, -0.1) is 0 Å². The molecule has 0 aromatic carbocycles. The van der Waals surface area contributed by atoms with Crippen molar-refractivity contribution in [3.05, 3.63) is 30.2 Å². The number of imidazole rings is 1. The van der Waals surface area contributed by atoms with Gasteiger partial charge in [0.1, 0.15) is 0 Å². The molecule has 0 radical (unpaired) electrons. The average Bonchev–Trinajstić information content (AvgIpc) is 2.64. The normalized spacial score (nSPS) is 12.2. The molecule has 2 aromatic rings. The third-order valence-electron chi connectivity index (χ3n) is 2.93. The first kappa shape index (κ1) is 10.1. The van der Waals surface area contributed by atoms with Crippen LogP contribution in [-0.2, 0) is 6.42 Å². The van der Waals surface area contributed by atoms with E-state index in [4.69, 9.17) is 0 Å². The fraction of sp³-hybridized carbons (Fsp3) is 0.500. The number of hydrogen-bond acceptors (Lipinski definition) is 2. The Morgan fingerprint density at radius 3 is 2.87 bits per heavy atom. The number of fused-ring (bicyclic) bond motifs is 1. The summed E-state index contributed by atoms with van der Waals surface area (Å²) in [5, 5.41) is 4.52. The lowest BCUT2D eigenvalue weighted by Crippen LogP contribution is -2.15. The molecule has 0 bridgehead atoms. The zero-order chi connectivity index (χ0) is 10.9. The summed E-state index contributed by atoms with van der Waals surface area (Å²) in [5.74, 6) is 0. The Labute approximate surface area is 90.1 Å². The van der Waals surface area contributed by atoms with Gasteiger partial charge in [0.05, 0.1) is 5.69 Å². The summed E-state index contributed by atoms with van der Waals surface area (Å²) in [6, 6.07) is 4.09. The Balaban J connectivity index is 2.28. The van der Waals surface area contributed by atoms with Gasteiger partial charge < -0.3 is 0 Å². The predicted molar refractivity (Wildman–Crippen MR) is 60.8 cm³/mol. The van der Waals surface area contributed by atoms with Gasteiger partial charge in [0.25, 0.3) is 0 Å². The first-order valence-electron chi connectivity index (χ1n) is 5.40. The minimum atomic E-state index is 0.321. The van der Waals surface area contributed by atoms with Crippen molar-refractivity contribution in [1.82, 2.24) is 14.6 Å². The highest BCUT2D eigenvalue weighted by molar-refractivity contribution is 5.36. The third-order valence-corrected chi connectivity index (χ3v) is 2.93. The predicted octanol–water partition coefficient (Wildman–Crippen LogP) is 2.71. The number of rotatable bonds is 3. The van der Waals surface area contributed by atoms with E-state index in [2.05, 4.69) is 36.9 Å². The van der Waals surface area contributed by atoms with Crippen molar-refractivity contribution < 1.29 is 0 Å². The summed E-state index contributed by atoms with van der Waals surface area (Å²) in [5.41, 5.74) is 2.36. The molecule has 0 spiro atoms. The van der Waals surface area contributed by atoms with Crippen LogP contribution in [0, 0.1) is 5.41 Å². The Kier molecular flexibility index (Phi) is 2.47. The molecule has 2 aromatic heterocycles. The maximum absolute atomic E-state index is 4.52. The van der Waals surface area contributed by atoms with Crippen molar-refractivity contribution in [2.75, 3.05) is 0 Å². The van der Waals surface area contributed by atoms with Gasteiger partial charge in [0, 0.05) is 12.4 Å². The fourth-order valence-corrected chi connectivity index (χ4v) is 1.56. The summed E-state index contributed by atoms with van der Waals surface area (Å²) in [4.78, 5) is 4.18. The van der Waals surface area contributed by atoms with Crippen LogP contribution in [0.5, 0.6) is 0 Å². The second-order valence-electron chi connectivity index (χ2n) is 4.75. The van der Waals surface area contributed by atoms with Gasteiger partial charge in [-0.25, -0.2) is 9.50 Å². The summed E-state index contributed by atoms with van der Waals surface area (Å²) in [6.45, 7) is 6.76. The highest BCUT2D eigenvalue weighted by atomic mass is 15.2. The van der Waals surface area contributed by atoms with Crippen LogP contribution in [0.3, 0.4) is 0 Å². The molecule has 0 fully saturated rings. The highest BCUT2D eigenvalue weighted by Crippen LogP contribution is 2.24. The lowest BCUT2D eigenvalue weighted by Gasteiger charge is -2.21. The zero-order valence-corrected chi connectivity index (χ0v) is 9.57. The van der Waals surface area contributed by atoms with E-state index in [9.17, 15) is 0 Å². The van der Waals surface area contributed by atoms with Crippen molar-refractivity contribution in [2.45, 2.75) is 33.6 Å². The van der Waals surface area contributed by atoms with Crippen LogP contribution in [0.15, 0.2) is 24.5 Å². The second kappa shape index (κ2) is 3.65. The second-order valence-corrected chi connectivity index (χ2v) is 4.75.